The Bertz CT molecular complexity index is 1590. The van der Waals surface area contributed by atoms with Crippen molar-refractivity contribution >= 4 is 38.3 Å². The number of hydrogen-bond acceptors (Lipinski definition) is 6. The fourth-order valence-corrected chi connectivity index (χ4v) is 4.64. The summed E-state index contributed by atoms with van der Waals surface area (Å²) in [5, 5.41) is 14.3. The van der Waals surface area contributed by atoms with Crippen LogP contribution >= 0.6 is 11.6 Å². The smallest absolute Gasteiger partial charge is 0.231 e. The van der Waals surface area contributed by atoms with Gasteiger partial charge in [0, 0.05) is 42.9 Å². The van der Waals surface area contributed by atoms with Crippen LogP contribution in [-0.2, 0) is 23.5 Å². The summed E-state index contributed by atoms with van der Waals surface area (Å²) in [7, 11) is -2.02. The lowest BCUT2D eigenvalue weighted by Crippen LogP contribution is -2.15. The van der Waals surface area contributed by atoms with Crippen LogP contribution in [0.1, 0.15) is 22.9 Å². The molecule has 1 unspecified atom stereocenters. The summed E-state index contributed by atoms with van der Waals surface area (Å²) >= 11 is 6.41. The van der Waals surface area contributed by atoms with Gasteiger partial charge in [-0.3, -0.25) is 14.4 Å². The van der Waals surface area contributed by atoms with E-state index >= 15 is 0 Å². The van der Waals surface area contributed by atoms with Crippen LogP contribution in [-0.4, -0.2) is 29.4 Å². The molecule has 0 saturated carbocycles. The van der Waals surface area contributed by atoms with Gasteiger partial charge in [0.15, 0.2) is 5.82 Å². The summed E-state index contributed by atoms with van der Waals surface area (Å²) in [5.41, 5.74) is 8.83. The van der Waals surface area contributed by atoms with Gasteiger partial charge in [0.25, 0.3) is 0 Å². The zero-order chi connectivity index (χ0) is 25.5. The lowest BCUT2D eigenvalue weighted by atomic mass is 9.94. The Labute approximate surface area is 205 Å². The van der Waals surface area contributed by atoms with Gasteiger partial charge >= 0.3 is 0 Å². The Morgan fingerprint density at radius 2 is 1.89 bits per heavy atom. The number of halogens is 3. The van der Waals surface area contributed by atoms with E-state index in [9.17, 15) is 22.5 Å². The molecule has 0 amide bonds. The van der Waals surface area contributed by atoms with Gasteiger partial charge in [0.1, 0.15) is 17.7 Å². The maximum atomic E-state index is 13.7. The molecule has 2 aromatic carbocycles. The number of nitrogens with one attached hydrogen (secondary N) is 1. The van der Waals surface area contributed by atoms with E-state index in [1.165, 1.54) is 10.9 Å². The lowest BCUT2D eigenvalue weighted by molar-refractivity contribution is 0.572. The molecular weight excluding hydrogens is 498 g/mol. The van der Waals surface area contributed by atoms with Crippen LogP contribution in [0.3, 0.4) is 0 Å². The quantitative estimate of drug-likeness (QED) is 0.398. The molecule has 4 aromatic rings. The largest absolute Gasteiger partial charge is 0.324 e. The van der Waals surface area contributed by atoms with Gasteiger partial charge in [-0.15, -0.1) is 0 Å². The molecule has 0 radical (unpaired) electrons. The van der Waals surface area contributed by atoms with E-state index in [-0.39, 0.29) is 28.4 Å². The Balaban J connectivity index is 1.89. The van der Waals surface area contributed by atoms with Crippen molar-refractivity contribution in [2.75, 3.05) is 11.0 Å². The van der Waals surface area contributed by atoms with Crippen LogP contribution in [0, 0.1) is 23.0 Å². The summed E-state index contributed by atoms with van der Waals surface area (Å²) in [4.78, 5) is 4.40. The minimum atomic E-state index is -3.64. The summed E-state index contributed by atoms with van der Waals surface area (Å²) in [5.74, 6) is -1.44. The molecule has 4 rings (SSSR count). The van der Waals surface area contributed by atoms with Crippen LogP contribution in [0.25, 0.3) is 22.0 Å². The predicted octanol–water partition coefficient (Wildman–Crippen LogP) is 4.05. The topological polar surface area (TPSA) is 127 Å². The molecule has 0 aliphatic carbocycles. The number of sulfonamides is 1. The number of nitrogens with zero attached hydrogens (tertiary/aromatic N) is 4. The summed E-state index contributed by atoms with van der Waals surface area (Å²) < 4.78 is 55.0. The van der Waals surface area contributed by atoms with Crippen molar-refractivity contribution < 1.29 is 17.2 Å². The van der Waals surface area contributed by atoms with Gasteiger partial charge in [0.2, 0.25) is 10.0 Å². The molecule has 0 aliphatic rings. The third kappa shape index (κ3) is 5.09. The molecule has 8 nitrogen and oxygen atoms in total. The highest BCUT2D eigenvalue weighted by Crippen LogP contribution is 2.39. The van der Waals surface area contributed by atoms with E-state index in [2.05, 4.69) is 14.8 Å². The Morgan fingerprint density at radius 3 is 2.51 bits per heavy atom. The zero-order valence-electron chi connectivity index (χ0n) is 18.6. The van der Waals surface area contributed by atoms with E-state index in [1.54, 1.807) is 25.2 Å². The van der Waals surface area contributed by atoms with Crippen molar-refractivity contribution in [1.29, 1.82) is 5.26 Å². The van der Waals surface area contributed by atoms with E-state index in [0.717, 1.165) is 24.5 Å². The van der Waals surface area contributed by atoms with Gasteiger partial charge in [-0.2, -0.15) is 10.4 Å². The maximum absolute atomic E-state index is 13.7. The molecule has 0 bridgehead atoms. The first-order chi connectivity index (χ1) is 16.5. The molecule has 0 spiro atoms. The highest BCUT2D eigenvalue weighted by atomic mass is 35.5. The molecule has 180 valence electrons. The molecule has 3 N–H and O–H groups in total. The van der Waals surface area contributed by atoms with Crippen molar-refractivity contribution in [2.45, 2.75) is 12.5 Å². The average Bonchev–Trinajstić information content (AvgIpc) is 3.09. The van der Waals surface area contributed by atoms with Crippen LogP contribution in [0.2, 0.25) is 5.02 Å². The van der Waals surface area contributed by atoms with Crippen molar-refractivity contribution in [1.82, 2.24) is 14.8 Å². The number of pyridine rings is 1. The zero-order valence-corrected chi connectivity index (χ0v) is 20.1. The second-order valence-corrected chi connectivity index (χ2v) is 10.2. The first-order valence-corrected chi connectivity index (χ1v) is 12.5. The Kier molecular flexibility index (Phi) is 6.46. The van der Waals surface area contributed by atoms with Crippen LogP contribution < -0.4 is 10.5 Å². The summed E-state index contributed by atoms with van der Waals surface area (Å²) in [6, 6.07) is 9.21. The number of aryl methyl sites for hydroxylation is 1. The molecule has 12 heteroatoms. The SMILES string of the molecule is Cn1nc(NS(C)(=O)=O)c2c(Cl)ccc(-c3cc(C#N)cnc3CC(N)c3cc(F)cc(F)c3)c21. The predicted molar refractivity (Wildman–Crippen MR) is 129 cm³/mol. The van der Waals surface area contributed by atoms with Crippen molar-refractivity contribution in [2.24, 2.45) is 12.8 Å². The van der Waals surface area contributed by atoms with Gasteiger partial charge in [-0.05, 0) is 29.8 Å². The first-order valence-electron chi connectivity index (χ1n) is 10.2. The first kappa shape index (κ1) is 24.5. The van der Waals surface area contributed by atoms with Crippen LogP contribution in [0.5, 0.6) is 0 Å². The molecule has 0 aliphatic heterocycles. The number of nitrogens with two attached hydrogens (primary N) is 1. The fourth-order valence-electron chi connectivity index (χ4n) is 3.91. The van der Waals surface area contributed by atoms with Crippen molar-refractivity contribution in [3.8, 4) is 17.2 Å². The van der Waals surface area contributed by atoms with Crippen LogP contribution in [0.4, 0.5) is 14.6 Å². The summed E-state index contributed by atoms with van der Waals surface area (Å²) in [6.45, 7) is 0. The standard InChI is InChI=1S/C23H19ClF2N6O2S/c1-32-22-16(3-4-18(24)21(22)23(30-32)31-35(2,33)34)17-5-12(10-27)11-29-20(17)9-19(28)13-6-14(25)8-15(26)7-13/h3-8,11,19H,9,28H2,1-2H3,(H,30,31). The second kappa shape index (κ2) is 9.22. The Morgan fingerprint density at radius 1 is 1.20 bits per heavy atom. The van der Waals surface area contributed by atoms with Gasteiger partial charge < -0.3 is 5.73 Å². The van der Waals surface area contributed by atoms with Gasteiger partial charge in [0.05, 0.1) is 33.4 Å². The van der Waals surface area contributed by atoms with Crippen molar-refractivity contribution in [3.63, 3.8) is 0 Å². The lowest BCUT2D eigenvalue weighted by Gasteiger charge is -2.16. The minimum Gasteiger partial charge on any atom is -0.324 e. The van der Waals surface area contributed by atoms with E-state index < -0.39 is 27.7 Å². The highest BCUT2D eigenvalue weighted by molar-refractivity contribution is 7.92. The van der Waals surface area contributed by atoms with Crippen molar-refractivity contribution in [3.05, 3.63) is 76.1 Å². The number of hydrogen-bond donors (Lipinski definition) is 2. The monoisotopic (exact) mass is 516 g/mol. The van der Waals surface area contributed by atoms with E-state index in [1.807, 2.05) is 6.07 Å². The average molecular weight is 517 g/mol. The Hall–Kier alpha value is -3.59. The molecule has 1 atom stereocenters. The number of benzene rings is 2. The van der Waals surface area contributed by atoms with Crippen LogP contribution in [0.15, 0.2) is 42.6 Å². The molecule has 35 heavy (non-hydrogen) atoms. The molecule has 0 fully saturated rings. The van der Waals surface area contributed by atoms with Gasteiger partial charge in [-0.25, -0.2) is 17.2 Å². The maximum Gasteiger partial charge on any atom is 0.231 e. The normalized spacial score (nSPS) is 12.5. The number of aromatic nitrogens is 3. The summed E-state index contributed by atoms with van der Waals surface area (Å²) in [6.07, 6.45) is 2.48. The number of fused-ring (bicyclic) bond motifs is 1. The minimum absolute atomic E-state index is 0.0507. The molecule has 0 saturated heterocycles. The molecule has 2 aromatic heterocycles. The number of anilines is 1. The van der Waals surface area contributed by atoms with E-state index in [0.29, 0.717) is 27.7 Å². The number of nitriles is 1. The third-order valence-electron chi connectivity index (χ3n) is 5.34. The highest BCUT2D eigenvalue weighted by Gasteiger charge is 2.22. The molecular formula is C23H19ClF2N6O2S. The molecule has 2 heterocycles. The van der Waals surface area contributed by atoms with E-state index in [4.69, 9.17) is 17.3 Å². The fraction of sp³-hybridized carbons (Fsp3) is 0.174. The third-order valence-corrected chi connectivity index (χ3v) is 6.21. The number of rotatable bonds is 6. The van der Waals surface area contributed by atoms with Gasteiger partial charge in [-0.1, -0.05) is 17.7 Å². The second-order valence-electron chi connectivity index (χ2n) is 8.01.